The van der Waals surface area contributed by atoms with Crippen molar-refractivity contribution >= 4 is 96.7 Å². The van der Waals surface area contributed by atoms with Crippen LogP contribution in [0.3, 0.4) is 0 Å². The maximum Gasteiger partial charge on any atom is 0.143 e. The van der Waals surface area contributed by atoms with Gasteiger partial charge in [0, 0.05) is 47.3 Å². The van der Waals surface area contributed by atoms with Crippen molar-refractivity contribution in [1.29, 1.82) is 0 Å². The SMILES string of the molecule is c1ccc2c(c1)cc(-c1c3ccccc3c(-c3cccc4c3sc3cc5occc5cc34)c3ccccc13)c1c3ccccc3oc21. The highest BCUT2D eigenvalue weighted by molar-refractivity contribution is 7.26. The van der Waals surface area contributed by atoms with Gasteiger partial charge in [-0.2, -0.15) is 0 Å². The fourth-order valence-corrected chi connectivity index (χ4v) is 9.15. The fraction of sp³-hybridized carbons (Fsp3) is 0. The maximum absolute atomic E-state index is 6.64. The molecule has 0 radical (unpaired) electrons. The van der Waals surface area contributed by atoms with Crippen LogP contribution in [-0.2, 0) is 0 Å². The Morgan fingerprint density at radius 2 is 1.06 bits per heavy atom. The van der Waals surface area contributed by atoms with E-state index in [1.54, 1.807) is 6.26 Å². The van der Waals surface area contributed by atoms with Crippen molar-refractivity contribution in [2.24, 2.45) is 0 Å². The summed E-state index contributed by atoms with van der Waals surface area (Å²) in [7, 11) is 0. The summed E-state index contributed by atoms with van der Waals surface area (Å²) in [5, 5.41) is 13.3. The molecule has 218 valence electrons. The van der Waals surface area contributed by atoms with Crippen LogP contribution in [0.2, 0.25) is 0 Å². The molecule has 47 heavy (non-hydrogen) atoms. The fourth-order valence-electron chi connectivity index (χ4n) is 7.92. The Labute approximate surface area is 272 Å². The first-order valence-electron chi connectivity index (χ1n) is 15.9. The highest BCUT2D eigenvalue weighted by Gasteiger charge is 2.23. The summed E-state index contributed by atoms with van der Waals surface area (Å²) in [6, 6.07) is 50.6. The zero-order chi connectivity index (χ0) is 30.6. The molecule has 0 bridgehead atoms. The van der Waals surface area contributed by atoms with Gasteiger partial charge in [-0.05, 0) is 74.0 Å². The van der Waals surface area contributed by atoms with Gasteiger partial charge in [-0.25, -0.2) is 0 Å². The van der Waals surface area contributed by atoms with Crippen molar-refractivity contribution in [3.8, 4) is 22.3 Å². The predicted molar refractivity (Wildman–Crippen MR) is 200 cm³/mol. The monoisotopic (exact) mass is 616 g/mol. The largest absolute Gasteiger partial charge is 0.464 e. The highest BCUT2D eigenvalue weighted by atomic mass is 32.1. The minimum Gasteiger partial charge on any atom is -0.464 e. The number of benzene rings is 8. The van der Waals surface area contributed by atoms with Gasteiger partial charge >= 0.3 is 0 Å². The van der Waals surface area contributed by atoms with Crippen molar-refractivity contribution in [1.82, 2.24) is 0 Å². The summed E-state index contributed by atoms with van der Waals surface area (Å²) in [5.41, 5.74) is 7.76. The number of thiophene rings is 1. The molecule has 11 aromatic rings. The van der Waals surface area contributed by atoms with Gasteiger partial charge < -0.3 is 8.83 Å². The average Bonchev–Trinajstić information content (AvgIpc) is 3.84. The second kappa shape index (κ2) is 9.32. The van der Waals surface area contributed by atoms with Crippen LogP contribution in [0.25, 0.3) is 108 Å². The first-order valence-corrected chi connectivity index (χ1v) is 16.7. The van der Waals surface area contributed by atoms with E-state index in [0.717, 1.165) is 32.9 Å². The molecule has 8 aromatic carbocycles. The summed E-state index contributed by atoms with van der Waals surface area (Å²) >= 11 is 1.85. The molecule has 2 nitrogen and oxygen atoms in total. The molecular formula is C44H24O2S. The van der Waals surface area contributed by atoms with Gasteiger partial charge in [0.05, 0.1) is 6.26 Å². The van der Waals surface area contributed by atoms with E-state index in [-0.39, 0.29) is 0 Å². The molecular weight excluding hydrogens is 593 g/mol. The van der Waals surface area contributed by atoms with Gasteiger partial charge in [-0.1, -0.05) is 109 Å². The summed E-state index contributed by atoms with van der Waals surface area (Å²) in [6.07, 6.45) is 1.78. The predicted octanol–water partition coefficient (Wildman–Crippen LogP) is 13.5. The van der Waals surface area contributed by atoms with Gasteiger partial charge in [0.1, 0.15) is 16.7 Å². The molecule has 0 unspecified atom stereocenters. The quantitative estimate of drug-likeness (QED) is 0.181. The van der Waals surface area contributed by atoms with Crippen LogP contribution in [-0.4, -0.2) is 0 Å². The minimum atomic E-state index is 0.911. The molecule has 0 aliphatic rings. The van der Waals surface area contributed by atoms with Crippen LogP contribution < -0.4 is 0 Å². The second-order valence-electron chi connectivity index (χ2n) is 12.4. The molecule has 0 spiro atoms. The lowest BCUT2D eigenvalue weighted by Crippen LogP contribution is -1.92. The number of rotatable bonds is 2. The summed E-state index contributed by atoms with van der Waals surface area (Å²) in [5.74, 6) is 0. The number of para-hydroxylation sites is 1. The molecule has 3 heteroatoms. The topological polar surface area (TPSA) is 26.3 Å². The number of hydrogen-bond donors (Lipinski definition) is 0. The standard InChI is InChI=1S/C44H24O2S/c1-2-11-27-25(10-1)22-36(42-33-16-7-8-19-37(33)46-43(27)42)41-30-14-5-3-12-28(30)40(29-13-4-6-15-31(29)41)34-18-9-17-32-35-23-26-20-21-45-38(26)24-39(35)47-44(32)34/h1-24H. The lowest BCUT2D eigenvalue weighted by Gasteiger charge is -2.19. The van der Waals surface area contributed by atoms with E-state index in [9.17, 15) is 0 Å². The smallest absolute Gasteiger partial charge is 0.143 e. The molecule has 0 saturated carbocycles. The number of fused-ring (bicyclic) bond motifs is 11. The van der Waals surface area contributed by atoms with E-state index < -0.39 is 0 Å². The summed E-state index contributed by atoms with van der Waals surface area (Å²) < 4.78 is 15.0. The zero-order valence-electron chi connectivity index (χ0n) is 25.1. The molecule has 0 aliphatic heterocycles. The maximum atomic E-state index is 6.64. The van der Waals surface area contributed by atoms with Crippen molar-refractivity contribution in [3.63, 3.8) is 0 Å². The van der Waals surface area contributed by atoms with E-state index >= 15 is 0 Å². The van der Waals surface area contributed by atoms with Crippen LogP contribution in [0.1, 0.15) is 0 Å². The summed E-state index contributed by atoms with van der Waals surface area (Å²) in [6.45, 7) is 0. The van der Waals surface area contributed by atoms with E-state index in [1.807, 2.05) is 11.3 Å². The van der Waals surface area contributed by atoms with Crippen molar-refractivity contribution in [2.75, 3.05) is 0 Å². The van der Waals surface area contributed by atoms with Crippen molar-refractivity contribution in [3.05, 3.63) is 146 Å². The first-order chi connectivity index (χ1) is 23.3. The van der Waals surface area contributed by atoms with Gasteiger partial charge in [-0.3, -0.25) is 0 Å². The Bertz CT molecular complexity index is 3020. The van der Waals surface area contributed by atoms with E-state index in [0.29, 0.717) is 0 Å². The lowest BCUT2D eigenvalue weighted by molar-refractivity contribution is 0.616. The minimum absolute atomic E-state index is 0.911. The molecule has 3 heterocycles. The Hall–Kier alpha value is -5.90. The van der Waals surface area contributed by atoms with Crippen molar-refractivity contribution in [2.45, 2.75) is 0 Å². The highest BCUT2D eigenvalue weighted by Crippen LogP contribution is 2.50. The van der Waals surface area contributed by atoms with E-state index in [2.05, 4.69) is 140 Å². The van der Waals surface area contributed by atoms with Crippen LogP contribution in [0, 0.1) is 0 Å². The van der Waals surface area contributed by atoms with Gasteiger partial charge in [0.2, 0.25) is 0 Å². The second-order valence-corrected chi connectivity index (χ2v) is 13.4. The molecule has 0 fully saturated rings. The molecule has 11 rings (SSSR count). The first kappa shape index (κ1) is 25.3. The molecule has 0 N–H and O–H groups in total. The van der Waals surface area contributed by atoms with Gasteiger partial charge in [0.25, 0.3) is 0 Å². The number of furan rings is 2. The van der Waals surface area contributed by atoms with E-state index in [4.69, 9.17) is 8.83 Å². The molecule has 3 aromatic heterocycles. The van der Waals surface area contributed by atoms with Crippen LogP contribution >= 0.6 is 11.3 Å². The van der Waals surface area contributed by atoms with Crippen LogP contribution in [0.5, 0.6) is 0 Å². The third kappa shape index (κ3) is 3.44. The van der Waals surface area contributed by atoms with E-state index in [1.165, 1.54) is 74.7 Å². The third-order valence-corrected chi connectivity index (χ3v) is 11.1. The average molecular weight is 617 g/mol. The molecule has 0 atom stereocenters. The Kier molecular flexibility index (Phi) is 5.02. The van der Waals surface area contributed by atoms with Gasteiger partial charge in [0.15, 0.2) is 0 Å². The van der Waals surface area contributed by atoms with Gasteiger partial charge in [-0.15, -0.1) is 11.3 Å². The molecule has 0 amide bonds. The number of hydrogen-bond acceptors (Lipinski definition) is 3. The third-order valence-electron chi connectivity index (χ3n) is 9.91. The summed E-state index contributed by atoms with van der Waals surface area (Å²) in [4.78, 5) is 0. The molecule has 0 saturated heterocycles. The molecule has 0 aliphatic carbocycles. The van der Waals surface area contributed by atoms with Crippen molar-refractivity contribution < 1.29 is 8.83 Å². The Balaban J connectivity index is 1.31. The Morgan fingerprint density at radius 1 is 0.426 bits per heavy atom. The normalized spacial score (nSPS) is 12.3. The van der Waals surface area contributed by atoms with Crippen LogP contribution in [0.15, 0.2) is 155 Å². The lowest BCUT2D eigenvalue weighted by atomic mass is 9.84. The Morgan fingerprint density at radius 3 is 1.83 bits per heavy atom. The van der Waals surface area contributed by atoms with Crippen LogP contribution in [0.4, 0.5) is 0 Å². The zero-order valence-corrected chi connectivity index (χ0v) is 25.9.